The second kappa shape index (κ2) is 5.54. The van der Waals surface area contributed by atoms with E-state index in [1.807, 2.05) is 0 Å². The van der Waals surface area contributed by atoms with E-state index in [1.165, 1.54) is 18.3 Å². The third kappa shape index (κ3) is 2.75. The van der Waals surface area contributed by atoms with E-state index in [2.05, 4.69) is 30.9 Å². The van der Waals surface area contributed by atoms with Gasteiger partial charge in [-0.2, -0.15) is 13.5 Å². The van der Waals surface area contributed by atoms with Crippen molar-refractivity contribution in [2.24, 2.45) is 9.50 Å². The Bertz CT molecular complexity index is 907. The third-order valence-electron chi connectivity index (χ3n) is 3.00. The van der Waals surface area contributed by atoms with Crippen LogP contribution in [-0.2, 0) is 10.0 Å². The van der Waals surface area contributed by atoms with Crippen molar-refractivity contribution in [3.05, 3.63) is 58.1 Å². The van der Waals surface area contributed by atoms with Crippen LogP contribution in [0, 0.1) is 0 Å². The quantitative estimate of drug-likeness (QED) is 0.618. The van der Waals surface area contributed by atoms with Gasteiger partial charge in [0.15, 0.2) is 5.84 Å². The van der Waals surface area contributed by atoms with Crippen molar-refractivity contribution in [3.8, 4) is 5.75 Å². The average molecular weight is 380 g/mol. The first-order valence-corrected chi connectivity index (χ1v) is 8.43. The van der Waals surface area contributed by atoms with Gasteiger partial charge in [-0.15, -0.1) is 4.40 Å². The second-order valence-corrected chi connectivity index (χ2v) is 6.97. The Hall–Kier alpha value is -2.19. The van der Waals surface area contributed by atoms with Crippen LogP contribution in [0.25, 0.3) is 0 Å². The molecule has 6 nitrogen and oxygen atoms in total. The zero-order chi connectivity index (χ0) is 15.7. The summed E-state index contributed by atoms with van der Waals surface area (Å²) in [6.07, 6.45) is 1.39. The van der Waals surface area contributed by atoms with Crippen molar-refractivity contribution >= 4 is 38.0 Å². The van der Waals surface area contributed by atoms with Gasteiger partial charge in [-0.25, -0.2) is 0 Å². The van der Waals surface area contributed by atoms with Crippen molar-refractivity contribution in [2.75, 3.05) is 0 Å². The Kier molecular flexibility index (Phi) is 3.71. The van der Waals surface area contributed by atoms with E-state index in [-0.39, 0.29) is 16.5 Å². The topological polar surface area (TPSA) is 91.1 Å². The highest BCUT2D eigenvalue weighted by Crippen LogP contribution is 2.25. The number of hydrazone groups is 1. The maximum Gasteiger partial charge on any atom is 0.285 e. The van der Waals surface area contributed by atoms with E-state index in [4.69, 9.17) is 0 Å². The summed E-state index contributed by atoms with van der Waals surface area (Å²) in [6, 6.07) is 11.4. The first-order valence-electron chi connectivity index (χ1n) is 6.19. The summed E-state index contributed by atoms with van der Waals surface area (Å²) in [5, 5.41) is 13.6. The number of fused-ring (bicyclic) bond motifs is 1. The third-order valence-corrected chi connectivity index (χ3v) is 4.82. The summed E-state index contributed by atoms with van der Waals surface area (Å²) in [6.45, 7) is 0. The van der Waals surface area contributed by atoms with Gasteiger partial charge in [0.25, 0.3) is 10.0 Å². The Balaban J connectivity index is 1.86. The number of nitrogens with one attached hydrogen (secondary N) is 1. The Labute approximate surface area is 135 Å². The molecule has 22 heavy (non-hydrogen) atoms. The van der Waals surface area contributed by atoms with Crippen LogP contribution >= 0.6 is 15.9 Å². The molecule has 1 aliphatic rings. The molecule has 8 heteroatoms. The molecule has 3 rings (SSSR count). The molecule has 2 aromatic rings. The minimum absolute atomic E-state index is 0.0649. The minimum atomic E-state index is -3.67. The summed E-state index contributed by atoms with van der Waals surface area (Å²) in [4.78, 5) is 0.151. The van der Waals surface area contributed by atoms with Gasteiger partial charge in [-0.1, -0.05) is 28.1 Å². The van der Waals surface area contributed by atoms with Crippen LogP contribution in [0.1, 0.15) is 11.1 Å². The first-order chi connectivity index (χ1) is 10.5. The molecule has 1 aliphatic heterocycles. The van der Waals surface area contributed by atoms with E-state index in [1.54, 1.807) is 30.3 Å². The molecule has 0 saturated heterocycles. The maximum absolute atomic E-state index is 11.9. The van der Waals surface area contributed by atoms with Crippen molar-refractivity contribution in [1.82, 2.24) is 5.43 Å². The molecule has 112 valence electrons. The number of halogens is 1. The lowest BCUT2D eigenvalue weighted by atomic mass is 10.2. The van der Waals surface area contributed by atoms with Gasteiger partial charge in [0.2, 0.25) is 0 Å². The molecule has 0 aliphatic carbocycles. The van der Waals surface area contributed by atoms with E-state index in [0.717, 1.165) is 4.47 Å². The van der Waals surface area contributed by atoms with Crippen LogP contribution in [0.15, 0.2) is 61.3 Å². The number of hydrogen-bond donors (Lipinski definition) is 2. The number of benzene rings is 2. The lowest BCUT2D eigenvalue weighted by molar-refractivity contribution is 0.474. The smallest absolute Gasteiger partial charge is 0.285 e. The Morgan fingerprint density at radius 2 is 2.00 bits per heavy atom. The molecule has 0 fully saturated rings. The maximum atomic E-state index is 11.9. The number of rotatable bonds is 2. The molecule has 1 heterocycles. The molecular weight excluding hydrogens is 370 g/mol. The SMILES string of the molecule is O=S1(=O)N=C(N/N=C/c2cc(Br)ccc2O)c2ccccc21. The van der Waals surface area contributed by atoms with Crippen LogP contribution in [0.3, 0.4) is 0 Å². The summed E-state index contributed by atoms with van der Waals surface area (Å²) < 4.78 is 28.2. The summed E-state index contributed by atoms with van der Waals surface area (Å²) in [7, 11) is -3.67. The Morgan fingerprint density at radius 3 is 2.82 bits per heavy atom. The highest BCUT2D eigenvalue weighted by atomic mass is 79.9. The molecule has 0 saturated carbocycles. The highest BCUT2D eigenvalue weighted by molar-refractivity contribution is 9.10. The molecule has 2 aromatic carbocycles. The van der Waals surface area contributed by atoms with Gasteiger partial charge in [0.05, 0.1) is 6.21 Å². The number of aromatic hydroxyl groups is 1. The monoisotopic (exact) mass is 379 g/mol. The minimum Gasteiger partial charge on any atom is -0.507 e. The molecular formula is C14H10BrN3O3S. The predicted octanol–water partition coefficient (Wildman–Crippen LogP) is 2.23. The van der Waals surface area contributed by atoms with Gasteiger partial charge in [0.1, 0.15) is 10.6 Å². The lowest BCUT2D eigenvalue weighted by Gasteiger charge is -2.01. The molecule has 0 aromatic heterocycles. The summed E-state index contributed by atoms with van der Waals surface area (Å²) >= 11 is 3.29. The number of nitrogens with zero attached hydrogens (tertiary/aromatic N) is 2. The molecule has 0 radical (unpaired) electrons. The molecule has 0 unspecified atom stereocenters. The normalized spacial score (nSPS) is 15.6. The van der Waals surface area contributed by atoms with E-state index in [0.29, 0.717) is 11.1 Å². The average Bonchev–Trinajstić information content (AvgIpc) is 2.75. The van der Waals surface area contributed by atoms with Crippen LogP contribution in [0.5, 0.6) is 5.75 Å². The first kappa shape index (κ1) is 14.7. The van der Waals surface area contributed by atoms with Crippen molar-refractivity contribution in [1.29, 1.82) is 0 Å². The number of sulfonamides is 1. The van der Waals surface area contributed by atoms with Crippen molar-refractivity contribution in [2.45, 2.75) is 4.90 Å². The van der Waals surface area contributed by atoms with Crippen LogP contribution < -0.4 is 5.43 Å². The highest BCUT2D eigenvalue weighted by Gasteiger charge is 2.28. The van der Waals surface area contributed by atoms with Crippen LogP contribution in [0.2, 0.25) is 0 Å². The van der Waals surface area contributed by atoms with Gasteiger partial charge in [-0.3, -0.25) is 5.43 Å². The molecule has 2 N–H and O–H groups in total. The van der Waals surface area contributed by atoms with Gasteiger partial charge in [0, 0.05) is 15.6 Å². The largest absolute Gasteiger partial charge is 0.507 e. The lowest BCUT2D eigenvalue weighted by Crippen LogP contribution is -2.17. The molecule has 0 amide bonds. The van der Waals surface area contributed by atoms with Gasteiger partial charge < -0.3 is 5.11 Å². The molecule has 0 spiro atoms. The molecule has 0 atom stereocenters. The van der Waals surface area contributed by atoms with E-state index >= 15 is 0 Å². The van der Waals surface area contributed by atoms with Crippen molar-refractivity contribution in [3.63, 3.8) is 0 Å². The number of amidine groups is 1. The standard InChI is InChI=1S/C14H10BrN3O3S/c15-10-5-6-12(19)9(7-10)8-16-17-14-11-3-1-2-4-13(11)22(20,21)18-14/h1-8,19H,(H,17,18)/b16-8+. The fraction of sp³-hybridized carbons (Fsp3) is 0. The number of phenols is 1. The van der Waals surface area contributed by atoms with E-state index < -0.39 is 10.0 Å². The second-order valence-electron chi connectivity index (χ2n) is 4.48. The summed E-state index contributed by atoms with van der Waals surface area (Å²) in [5.41, 5.74) is 3.56. The zero-order valence-corrected chi connectivity index (χ0v) is 13.5. The zero-order valence-electron chi connectivity index (χ0n) is 11.1. The van der Waals surface area contributed by atoms with Gasteiger partial charge in [-0.05, 0) is 30.3 Å². The number of hydrogen-bond acceptors (Lipinski definition) is 5. The fourth-order valence-electron chi connectivity index (χ4n) is 1.98. The van der Waals surface area contributed by atoms with E-state index in [9.17, 15) is 13.5 Å². The summed E-state index contributed by atoms with van der Waals surface area (Å²) in [5.74, 6) is 0.219. The number of phenolic OH excluding ortho intramolecular Hbond substituents is 1. The van der Waals surface area contributed by atoms with Gasteiger partial charge >= 0.3 is 0 Å². The fourth-order valence-corrected chi connectivity index (χ4v) is 3.53. The van der Waals surface area contributed by atoms with Crippen molar-refractivity contribution < 1.29 is 13.5 Å². The Morgan fingerprint density at radius 1 is 1.23 bits per heavy atom. The van der Waals surface area contributed by atoms with Crippen LogP contribution in [0.4, 0.5) is 0 Å². The predicted molar refractivity (Wildman–Crippen MR) is 86.7 cm³/mol. The molecule has 0 bridgehead atoms. The van der Waals surface area contributed by atoms with Crippen LogP contribution in [-0.4, -0.2) is 25.6 Å².